The SMILES string of the molecule is Cc1cc(N=Nc2ccc3c(S(=O)(=O)O)c(N=Nc4c[nH]n(-c5ccc6c(S(=O)(=O)O)cc(S(=O)(=O)O)cc6c5)c4=O)ccc3c2O)c(OCCCS(=O)(=O)O)cc1N=Nc1nc2c(S(=O)(=O)O)cccc2s1. The maximum Gasteiger partial charge on any atom is 0.298 e. The van der Waals surface area contributed by atoms with Gasteiger partial charge in [0.1, 0.15) is 43.0 Å². The quantitative estimate of drug-likeness (QED) is 0.0274. The summed E-state index contributed by atoms with van der Waals surface area (Å²) in [5, 5.41) is 37.4. The minimum Gasteiger partial charge on any atom is -0.505 e. The Kier molecular flexibility index (Phi) is 13.7. The van der Waals surface area contributed by atoms with Crippen molar-refractivity contribution in [2.24, 2.45) is 30.7 Å². The molecule has 0 aliphatic heterocycles. The summed E-state index contributed by atoms with van der Waals surface area (Å²) >= 11 is 0.972. The number of H-pyrrole nitrogens is 1. The molecular weight excluding hydrogens is 1090 g/mol. The molecule has 0 spiro atoms. The Bertz CT molecular complexity index is 4360. The highest BCUT2D eigenvalue weighted by Crippen LogP contribution is 2.43. The smallest absolute Gasteiger partial charge is 0.298 e. The molecule has 380 valence electrons. The molecular formula is C40H31N9O18S6. The van der Waals surface area contributed by atoms with E-state index < -0.39 is 98.6 Å². The number of fused-ring (bicyclic) bond motifs is 3. The second kappa shape index (κ2) is 19.3. The molecule has 8 aromatic rings. The van der Waals surface area contributed by atoms with Crippen LogP contribution >= 0.6 is 11.3 Å². The van der Waals surface area contributed by atoms with Crippen LogP contribution in [0.25, 0.3) is 37.4 Å². The number of phenolic OH excluding ortho intramolecular Hbond substituents is 1. The van der Waals surface area contributed by atoms with E-state index in [4.69, 9.17) is 4.74 Å². The number of ether oxygens (including phenoxy) is 1. The van der Waals surface area contributed by atoms with Gasteiger partial charge in [0.05, 0.1) is 39.5 Å². The Labute approximate surface area is 414 Å². The van der Waals surface area contributed by atoms with E-state index in [1.807, 2.05) is 0 Å². The average Bonchev–Trinajstić information content (AvgIpc) is 3.89. The number of rotatable bonds is 16. The van der Waals surface area contributed by atoms with E-state index >= 15 is 0 Å². The maximum absolute atomic E-state index is 13.4. The minimum absolute atomic E-state index is 0.00280. The second-order valence-corrected chi connectivity index (χ2v) is 23.4. The molecule has 6 aromatic carbocycles. The number of nitrogens with zero attached hydrogens (tertiary/aromatic N) is 8. The van der Waals surface area contributed by atoms with Gasteiger partial charge in [-0.2, -0.15) is 42.1 Å². The van der Waals surface area contributed by atoms with Gasteiger partial charge in [-0.05, 0) is 85.0 Å². The summed E-state index contributed by atoms with van der Waals surface area (Å²) < 4.78 is 175. The third kappa shape index (κ3) is 11.3. The van der Waals surface area contributed by atoms with Crippen LogP contribution in [0, 0.1) is 6.92 Å². The molecule has 33 heteroatoms. The van der Waals surface area contributed by atoms with Gasteiger partial charge in [0.2, 0.25) is 5.13 Å². The Hall–Kier alpha value is -7.31. The Morgan fingerprint density at radius 1 is 0.644 bits per heavy atom. The number of aromatic amines is 1. The van der Waals surface area contributed by atoms with Crippen molar-refractivity contribution in [3.8, 4) is 17.2 Å². The number of hydrogen-bond acceptors (Lipinski definition) is 21. The monoisotopic (exact) mass is 1120 g/mol. The zero-order valence-electron chi connectivity index (χ0n) is 36.4. The number of nitrogens with one attached hydrogen (secondary N) is 1. The first-order valence-electron chi connectivity index (χ1n) is 20.0. The predicted octanol–water partition coefficient (Wildman–Crippen LogP) is 7.99. The molecule has 0 aliphatic carbocycles. The van der Waals surface area contributed by atoms with Crippen molar-refractivity contribution < 1.29 is 74.7 Å². The van der Waals surface area contributed by atoms with Crippen LogP contribution in [0.5, 0.6) is 11.5 Å². The van der Waals surface area contributed by atoms with Gasteiger partial charge in [-0.1, -0.05) is 29.5 Å². The van der Waals surface area contributed by atoms with Crippen LogP contribution in [0.1, 0.15) is 12.0 Å². The molecule has 0 amide bonds. The minimum atomic E-state index is -5.17. The molecule has 0 aliphatic rings. The number of aryl methyl sites for hydroxylation is 1. The number of thiazole rings is 1. The van der Waals surface area contributed by atoms with Gasteiger partial charge in [-0.25, -0.2) is 9.67 Å². The van der Waals surface area contributed by atoms with Crippen LogP contribution < -0.4 is 10.3 Å². The summed E-state index contributed by atoms with van der Waals surface area (Å²) in [7, 11) is -24.1. The van der Waals surface area contributed by atoms with Crippen molar-refractivity contribution in [1.29, 1.82) is 0 Å². The molecule has 0 unspecified atom stereocenters. The summed E-state index contributed by atoms with van der Waals surface area (Å²) in [5.41, 5.74) is -1.60. The van der Waals surface area contributed by atoms with E-state index in [0.29, 0.717) is 16.3 Å². The molecule has 8 rings (SSSR count). The van der Waals surface area contributed by atoms with Crippen LogP contribution in [-0.4, -0.2) is 97.1 Å². The van der Waals surface area contributed by atoms with Crippen molar-refractivity contribution in [1.82, 2.24) is 14.8 Å². The summed E-state index contributed by atoms with van der Waals surface area (Å²) in [4.78, 5) is 14.6. The molecule has 2 aromatic heterocycles. The highest BCUT2D eigenvalue weighted by atomic mass is 32.2. The van der Waals surface area contributed by atoms with E-state index in [0.717, 1.165) is 58.6 Å². The Balaban J connectivity index is 1.10. The lowest BCUT2D eigenvalue weighted by Gasteiger charge is -2.11. The number of hydrogen-bond donors (Lipinski definition) is 7. The first-order valence-corrected chi connectivity index (χ1v) is 28.2. The highest BCUT2D eigenvalue weighted by Gasteiger charge is 2.25. The van der Waals surface area contributed by atoms with E-state index in [-0.39, 0.29) is 73.7 Å². The van der Waals surface area contributed by atoms with Crippen molar-refractivity contribution in [2.45, 2.75) is 32.9 Å². The molecule has 73 heavy (non-hydrogen) atoms. The normalized spacial score (nSPS) is 13.2. The van der Waals surface area contributed by atoms with Gasteiger partial charge >= 0.3 is 0 Å². The zero-order valence-corrected chi connectivity index (χ0v) is 41.3. The third-order valence-corrected chi connectivity index (χ3v) is 15.6. The standard InChI is InChI=1S/C40H31N9O18S6/c1-20-14-30(32(67-12-3-13-69(52,53)54)18-29(20)45-48-40-42-36-33(68-40)4-2-5-34(36)71(58,59)60)46-43-27-10-9-26-25(37(27)50)8-11-28(38(26)73(64,65)66)44-47-31-19-41-49(39(31)51)22-6-7-24-21(15-22)16-23(70(55,56)57)17-35(24)72(61,62)63/h2,4-11,14-19,41,50H,3,12-13H2,1H3,(H,52,53,54)(H,55,56,57)(H,58,59,60)(H,61,62,63)(H,64,65,66). The first kappa shape index (κ1) is 52.0. The third-order valence-electron chi connectivity index (χ3n) is 10.3. The van der Waals surface area contributed by atoms with Crippen molar-refractivity contribution >= 4 is 127 Å². The van der Waals surface area contributed by atoms with Crippen molar-refractivity contribution in [3.05, 3.63) is 107 Å². The van der Waals surface area contributed by atoms with Crippen LogP contribution in [0.15, 0.2) is 146 Å². The number of aromatic nitrogens is 3. The molecule has 0 radical (unpaired) electrons. The Morgan fingerprint density at radius 3 is 1.97 bits per heavy atom. The lowest BCUT2D eigenvalue weighted by Crippen LogP contribution is -2.14. The molecule has 0 saturated heterocycles. The molecule has 0 atom stereocenters. The molecule has 0 fully saturated rings. The van der Waals surface area contributed by atoms with E-state index in [2.05, 4.69) is 40.8 Å². The second-order valence-electron chi connectivity index (χ2n) is 15.3. The van der Waals surface area contributed by atoms with Gasteiger partial charge in [-0.15, -0.1) is 30.7 Å². The number of benzene rings is 6. The fourth-order valence-electron chi connectivity index (χ4n) is 7.05. The summed E-state index contributed by atoms with van der Waals surface area (Å²) in [5.74, 6) is -1.34. The van der Waals surface area contributed by atoms with Gasteiger partial charge in [0.25, 0.3) is 56.1 Å². The van der Waals surface area contributed by atoms with Crippen molar-refractivity contribution in [3.63, 3.8) is 0 Å². The van der Waals surface area contributed by atoms with Crippen LogP contribution in [0.4, 0.5) is 33.6 Å². The fraction of sp³-hybridized carbons (Fsp3) is 0.100. The number of para-hydroxylation sites is 1. The zero-order chi connectivity index (χ0) is 53.0. The van der Waals surface area contributed by atoms with E-state index in [1.54, 1.807) is 13.0 Å². The molecule has 0 saturated carbocycles. The first-order chi connectivity index (χ1) is 34.1. The maximum atomic E-state index is 13.4. The predicted molar refractivity (Wildman–Crippen MR) is 259 cm³/mol. The number of phenols is 1. The Morgan fingerprint density at radius 2 is 1.29 bits per heavy atom. The number of azo groups is 3. The van der Waals surface area contributed by atoms with Crippen molar-refractivity contribution in [2.75, 3.05) is 12.4 Å². The van der Waals surface area contributed by atoms with Crippen LogP contribution in [0.3, 0.4) is 0 Å². The lowest BCUT2D eigenvalue weighted by molar-refractivity contribution is 0.317. The van der Waals surface area contributed by atoms with Gasteiger partial charge in [0, 0.05) is 22.2 Å². The van der Waals surface area contributed by atoms with Crippen LogP contribution in [-0.2, 0) is 50.6 Å². The highest BCUT2D eigenvalue weighted by molar-refractivity contribution is 7.87. The largest absolute Gasteiger partial charge is 0.505 e. The average molecular weight is 1120 g/mol. The number of aromatic hydroxyl groups is 1. The fourth-order valence-corrected chi connectivity index (χ4v) is 11.3. The van der Waals surface area contributed by atoms with Gasteiger partial charge in [-0.3, -0.25) is 32.7 Å². The van der Waals surface area contributed by atoms with E-state index in [1.165, 1.54) is 36.4 Å². The van der Waals surface area contributed by atoms with Crippen LogP contribution in [0.2, 0.25) is 0 Å². The van der Waals surface area contributed by atoms with Gasteiger partial charge < -0.3 is 9.84 Å². The molecule has 0 bridgehead atoms. The molecule has 2 heterocycles. The molecule has 27 nitrogen and oxygen atoms in total. The van der Waals surface area contributed by atoms with Gasteiger partial charge in [0.15, 0.2) is 11.4 Å². The topological polar surface area (TPSA) is 426 Å². The molecule has 7 N–H and O–H groups in total. The lowest BCUT2D eigenvalue weighted by atomic mass is 10.1. The summed E-state index contributed by atoms with van der Waals surface area (Å²) in [6.45, 7) is 1.33. The summed E-state index contributed by atoms with van der Waals surface area (Å²) in [6, 6.07) is 16.4. The summed E-state index contributed by atoms with van der Waals surface area (Å²) in [6.07, 6.45) is 0.867. The van der Waals surface area contributed by atoms with E-state index in [9.17, 15) is 74.8 Å².